The summed E-state index contributed by atoms with van der Waals surface area (Å²) >= 11 is 1.43. The molecule has 1 atom stereocenters. The van der Waals surface area contributed by atoms with E-state index in [-0.39, 0.29) is 30.9 Å². The first-order valence-electron chi connectivity index (χ1n) is 8.21. The summed E-state index contributed by atoms with van der Waals surface area (Å²) in [5.74, 6) is -0.300. The highest BCUT2D eigenvalue weighted by Crippen LogP contribution is 2.31. The number of sulfone groups is 1. The van der Waals surface area contributed by atoms with E-state index in [2.05, 4.69) is 4.98 Å². The molecule has 1 aromatic carbocycles. The van der Waals surface area contributed by atoms with Gasteiger partial charge in [0.05, 0.1) is 10.6 Å². The van der Waals surface area contributed by atoms with Gasteiger partial charge in [0.25, 0.3) is 5.91 Å². The molecule has 1 amide bonds. The number of ether oxygens (including phenoxy) is 1. The topological polar surface area (TPSA) is 76.6 Å². The second-order valence-electron chi connectivity index (χ2n) is 6.23. The van der Waals surface area contributed by atoms with E-state index in [1.54, 1.807) is 34.5 Å². The van der Waals surface area contributed by atoms with E-state index in [4.69, 9.17) is 4.74 Å². The first-order valence-corrected chi connectivity index (χ1v) is 10.7. The Balaban J connectivity index is 1.59. The molecule has 132 valence electrons. The zero-order chi connectivity index (χ0) is 17.4. The van der Waals surface area contributed by atoms with Crippen LogP contribution in [0.1, 0.15) is 40.0 Å². The molecule has 3 heterocycles. The summed E-state index contributed by atoms with van der Waals surface area (Å²) in [4.78, 5) is 19.2. The van der Waals surface area contributed by atoms with E-state index in [0.29, 0.717) is 16.2 Å². The van der Waals surface area contributed by atoms with Crippen LogP contribution in [0.4, 0.5) is 0 Å². The number of hydrogen-bond donors (Lipinski definition) is 0. The molecule has 1 fully saturated rings. The fourth-order valence-corrected chi connectivity index (χ4v) is 5.58. The van der Waals surface area contributed by atoms with Gasteiger partial charge >= 0.3 is 0 Å². The van der Waals surface area contributed by atoms with Gasteiger partial charge in [0.1, 0.15) is 16.8 Å². The van der Waals surface area contributed by atoms with Crippen LogP contribution in [0.25, 0.3) is 0 Å². The van der Waals surface area contributed by atoms with E-state index in [1.807, 2.05) is 0 Å². The maximum Gasteiger partial charge on any atom is 0.273 e. The highest BCUT2D eigenvalue weighted by atomic mass is 32.2. The predicted octanol–water partition coefficient (Wildman–Crippen LogP) is 2.42. The Bertz CT molecular complexity index is 901. The van der Waals surface area contributed by atoms with E-state index in [0.717, 1.165) is 24.5 Å². The summed E-state index contributed by atoms with van der Waals surface area (Å²) in [6, 6.07) is 6.87. The van der Waals surface area contributed by atoms with E-state index in [9.17, 15) is 13.2 Å². The number of rotatable bonds is 2. The maximum atomic E-state index is 12.8. The predicted molar refractivity (Wildman–Crippen MR) is 93.3 cm³/mol. The van der Waals surface area contributed by atoms with E-state index in [1.165, 1.54) is 11.3 Å². The van der Waals surface area contributed by atoms with Crippen molar-refractivity contribution in [2.45, 2.75) is 30.4 Å². The van der Waals surface area contributed by atoms with Crippen LogP contribution < -0.4 is 0 Å². The second-order valence-corrected chi connectivity index (χ2v) is 9.19. The van der Waals surface area contributed by atoms with Crippen molar-refractivity contribution in [1.29, 1.82) is 0 Å². The molecule has 0 aliphatic carbocycles. The number of carbonyl (C=O) groups is 1. The number of benzene rings is 1. The number of thiazole rings is 1. The average Bonchev–Trinajstić information content (AvgIpc) is 3.27. The standard InChI is InChI=1S/C17H18N2O4S2/c20-17(13-11-24-16(18-13)14-5-3-8-23-14)19-7-9-25(21,22)15-6-2-1-4-12(15)10-19/h1-2,4,6,11,14H,3,5,7-10H2. The third-order valence-electron chi connectivity index (χ3n) is 4.53. The summed E-state index contributed by atoms with van der Waals surface area (Å²) in [5.41, 5.74) is 1.02. The molecule has 0 bridgehead atoms. The molecule has 6 nitrogen and oxygen atoms in total. The third-order valence-corrected chi connectivity index (χ3v) is 7.26. The summed E-state index contributed by atoms with van der Waals surface area (Å²) in [5, 5.41) is 2.56. The number of nitrogens with zero attached hydrogens (tertiary/aromatic N) is 2. The van der Waals surface area contributed by atoms with Gasteiger partial charge in [0.15, 0.2) is 9.84 Å². The minimum Gasteiger partial charge on any atom is -0.371 e. The number of fused-ring (bicyclic) bond motifs is 1. The lowest BCUT2D eigenvalue weighted by Crippen LogP contribution is -2.32. The van der Waals surface area contributed by atoms with Gasteiger partial charge in [-0.2, -0.15) is 0 Å². The summed E-state index contributed by atoms with van der Waals surface area (Å²) in [6.45, 7) is 1.18. The first-order chi connectivity index (χ1) is 12.0. The van der Waals surface area contributed by atoms with E-state index >= 15 is 0 Å². The van der Waals surface area contributed by atoms with Crippen molar-refractivity contribution < 1.29 is 17.9 Å². The molecule has 2 aliphatic heterocycles. The van der Waals surface area contributed by atoms with Gasteiger partial charge < -0.3 is 9.64 Å². The Morgan fingerprint density at radius 3 is 2.96 bits per heavy atom. The van der Waals surface area contributed by atoms with Crippen LogP contribution >= 0.6 is 11.3 Å². The van der Waals surface area contributed by atoms with Crippen molar-refractivity contribution in [2.75, 3.05) is 18.9 Å². The molecule has 0 spiro atoms. The molecule has 0 N–H and O–H groups in total. The monoisotopic (exact) mass is 378 g/mol. The number of carbonyl (C=O) groups excluding carboxylic acids is 1. The lowest BCUT2D eigenvalue weighted by atomic mass is 10.2. The van der Waals surface area contributed by atoms with Gasteiger partial charge in [-0.25, -0.2) is 13.4 Å². The zero-order valence-electron chi connectivity index (χ0n) is 13.6. The summed E-state index contributed by atoms with van der Waals surface area (Å²) in [7, 11) is -3.37. The normalized spacial score (nSPS) is 22.4. The van der Waals surface area contributed by atoms with Crippen molar-refractivity contribution in [3.8, 4) is 0 Å². The van der Waals surface area contributed by atoms with Crippen LogP contribution in [0.3, 0.4) is 0 Å². The lowest BCUT2D eigenvalue weighted by Gasteiger charge is -2.19. The molecule has 25 heavy (non-hydrogen) atoms. The average molecular weight is 378 g/mol. The van der Waals surface area contributed by atoms with Crippen LogP contribution in [-0.4, -0.2) is 43.1 Å². The van der Waals surface area contributed by atoms with Crippen molar-refractivity contribution in [3.63, 3.8) is 0 Å². The number of aromatic nitrogens is 1. The molecule has 4 rings (SSSR count). The smallest absolute Gasteiger partial charge is 0.273 e. The van der Waals surface area contributed by atoms with Crippen LogP contribution in [0.15, 0.2) is 34.5 Å². The van der Waals surface area contributed by atoms with Crippen LogP contribution in [0, 0.1) is 0 Å². The lowest BCUT2D eigenvalue weighted by molar-refractivity contribution is 0.0747. The molecule has 1 unspecified atom stereocenters. The van der Waals surface area contributed by atoms with Gasteiger partial charge in [-0.05, 0) is 24.5 Å². The summed E-state index contributed by atoms with van der Waals surface area (Å²) in [6.07, 6.45) is 1.92. The third kappa shape index (κ3) is 3.21. The van der Waals surface area contributed by atoms with Crippen LogP contribution in [0.2, 0.25) is 0 Å². The quantitative estimate of drug-likeness (QED) is 0.802. The highest BCUT2D eigenvalue weighted by Gasteiger charge is 2.29. The fourth-order valence-electron chi connectivity index (χ4n) is 3.20. The Kier molecular flexibility index (Phi) is 4.35. The maximum absolute atomic E-state index is 12.8. The van der Waals surface area contributed by atoms with Gasteiger partial charge in [0, 0.05) is 25.1 Å². The van der Waals surface area contributed by atoms with Gasteiger partial charge in [-0.3, -0.25) is 4.79 Å². The minimum absolute atomic E-state index is 0.0169. The molecule has 0 saturated carbocycles. The van der Waals surface area contributed by atoms with Gasteiger partial charge in [-0.1, -0.05) is 18.2 Å². The SMILES string of the molecule is O=C(c1csc(C2CCCO2)n1)N1CCS(=O)(=O)c2ccccc2C1. The molecular formula is C17H18N2O4S2. The Labute approximate surface area is 150 Å². The zero-order valence-corrected chi connectivity index (χ0v) is 15.2. The van der Waals surface area contributed by atoms with Crippen LogP contribution in [-0.2, 0) is 21.1 Å². The van der Waals surface area contributed by atoms with Gasteiger partial charge in [-0.15, -0.1) is 11.3 Å². The van der Waals surface area contributed by atoms with Crippen LogP contribution in [0.5, 0.6) is 0 Å². The fraction of sp³-hybridized carbons (Fsp3) is 0.412. The van der Waals surface area contributed by atoms with Crippen molar-refractivity contribution in [2.24, 2.45) is 0 Å². The Hall–Kier alpha value is -1.77. The minimum atomic E-state index is -3.37. The van der Waals surface area contributed by atoms with Gasteiger partial charge in [0.2, 0.25) is 0 Å². The molecular weight excluding hydrogens is 360 g/mol. The largest absolute Gasteiger partial charge is 0.371 e. The Morgan fingerprint density at radius 2 is 2.16 bits per heavy atom. The van der Waals surface area contributed by atoms with Crippen molar-refractivity contribution in [3.05, 3.63) is 45.9 Å². The first kappa shape index (κ1) is 16.7. The Morgan fingerprint density at radius 1 is 1.32 bits per heavy atom. The van der Waals surface area contributed by atoms with E-state index < -0.39 is 9.84 Å². The molecule has 0 radical (unpaired) electrons. The van der Waals surface area contributed by atoms with Crippen molar-refractivity contribution >= 4 is 27.1 Å². The number of amides is 1. The molecule has 2 aromatic rings. The number of hydrogen-bond acceptors (Lipinski definition) is 6. The molecule has 1 saturated heterocycles. The highest BCUT2D eigenvalue weighted by molar-refractivity contribution is 7.91. The van der Waals surface area contributed by atoms with Crippen molar-refractivity contribution in [1.82, 2.24) is 9.88 Å². The molecule has 1 aromatic heterocycles. The molecule has 2 aliphatic rings. The summed E-state index contributed by atoms with van der Waals surface area (Å²) < 4.78 is 30.4. The molecule has 8 heteroatoms. The second kappa shape index (κ2) is 6.51.